The van der Waals surface area contributed by atoms with E-state index in [0.29, 0.717) is 12.2 Å². The van der Waals surface area contributed by atoms with Crippen LogP contribution in [0.1, 0.15) is 37.0 Å². The first-order valence-corrected chi connectivity index (χ1v) is 5.19. The van der Waals surface area contributed by atoms with Crippen molar-refractivity contribution in [2.75, 3.05) is 0 Å². The summed E-state index contributed by atoms with van der Waals surface area (Å²) in [5, 5.41) is 0. The molecular formula is C13H16O2. The highest BCUT2D eigenvalue weighted by atomic mass is 16.5. The second-order valence-electron chi connectivity index (χ2n) is 3.29. The van der Waals surface area contributed by atoms with Crippen LogP contribution >= 0.6 is 0 Å². The molecule has 0 amide bonds. The first-order chi connectivity index (χ1) is 7.27. The molecule has 0 radical (unpaired) electrons. The van der Waals surface area contributed by atoms with Gasteiger partial charge in [-0.05, 0) is 25.5 Å². The third-order valence-corrected chi connectivity index (χ3v) is 1.97. The minimum absolute atomic E-state index is 0.170. The van der Waals surface area contributed by atoms with Crippen molar-refractivity contribution in [1.29, 1.82) is 0 Å². The van der Waals surface area contributed by atoms with Crippen LogP contribution in [0.15, 0.2) is 36.6 Å². The van der Waals surface area contributed by atoms with Gasteiger partial charge in [-0.25, -0.2) is 0 Å². The summed E-state index contributed by atoms with van der Waals surface area (Å²) in [6, 6.07) is 7.27. The maximum absolute atomic E-state index is 11.6. The zero-order valence-electron chi connectivity index (χ0n) is 9.19. The molecule has 0 fully saturated rings. The molecule has 2 heteroatoms. The average molecular weight is 204 g/mol. The molecule has 2 nitrogen and oxygen atoms in total. The standard InChI is InChI=1S/C13H16O2/c1-3-6-13(14)11-7-5-8-12(10-11)15-9-4-2/h4-5,7-10H,3,6H2,1-2H3. The number of rotatable bonds is 5. The molecule has 0 N–H and O–H groups in total. The average Bonchev–Trinajstić information content (AvgIpc) is 2.27. The molecule has 0 aliphatic carbocycles. The molecule has 0 atom stereocenters. The Hall–Kier alpha value is -1.57. The summed E-state index contributed by atoms with van der Waals surface area (Å²) < 4.78 is 5.29. The predicted molar refractivity (Wildman–Crippen MR) is 61.1 cm³/mol. The zero-order chi connectivity index (χ0) is 11.1. The van der Waals surface area contributed by atoms with Gasteiger partial charge in [0, 0.05) is 12.0 Å². The molecule has 0 bridgehead atoms. The fraction of sp³-hybridized carbons (Fsp3) is 0.308. The Kier molecular flexibility index (Phi) is 4.61. The van der Waals surface area contributed by atoms with Crippen molar-refractivity contribution in [2.24, 2.45) is 0 Å². The largest absolute Gasteiger partial charge is 0.465 e. The summed E-state index contributed by atoms with van der Waals surface area (Å²) >= 11 is 0. The van der Waals surface area contributed by atoms with Gasteiger partial charge in [0.2, 0.25) is 0 Å². The Morgan fingerprint density at radius 1 is 1.47 bits per heavy atom. The van der Waals surface area contributed by atoms with Crippen LogP contribution in [0.25, 0.3) is 0 Å². The summed E-state index contributed by atoms with van der Waals surface area (Å²) in [6.45, 7) is 3.88. The highest BCUT2D eigenvalue weighted by Gasteiger charge is 2.04. The molecule has 1 aromatic carbocycles. The normalized spacial score (nSPS) is 10.5. The third kappa shape index (κ3) is 3.58. The van der Waals surface area contributed by atoms with E-state index in [4.69, 9.17) is 4.74 Å². The van der Waals surface area contributed by atoms with Gasteiger partial charge in [0.25, 0.3) is 0 Å². The number of allylic oxidation sites excluding steroid dienone is 1. The van der Waals surface area contributed by atoms with Crippen molar-refractivity contribution in [3.63, 3.8) is 0 Å². The van der Waals surface area contributed by atoms with Crippen molar-refractivity contribution in [3.8, 4) is 5.75 Å². The Morgan fingerprint density at radius 3 is 2.93 bits per heavy atom. The molecule has 0 spiro atoms. The summed E-state index contributed by atoms with van der Waals surface area (Å²) in [7, 11) is 0. The molecule has 0 saturated carbocycles. The molecule has 1 rings (SSSR count). The SMILES string of the molecule is CC=COc1cccc(C(=O)CCC)c1. The highest BCUT2D eigenvalue weighted by molar-refractivity contribution is 5.96. The minimum Gasteiger partial charge on any atom is -0.465 e. The van der Waals surface area contributed by atoms with Crippen LogP contribution in [-0.2, 0) is 0 Å². The van der Waals surface area contributed by atoms with Crippen LogP contribution < -0.4 is 4.74 Å². The van der Waals surface area contributed by atoms with Crippen LogP contribution in [0.3, 0.4) is 0 Å². The molecule has 80 valence electrons. The van der Waals surface area contributed by atoms with Crippen LogP contribution in [0.5, 0.6) is 5.75 Å². The maximum atomic E-state index is 11.6. The monoisotopic (exact) mass is 204 g/mol. The maximum Gasteiger partial charge on any atom is 0.162 e. The second-order valence-corrected chi connectivity index (χ2v) is 3.29. The Morgan fingerprint density at radius 2 is 2.27 bits per heavy atom. The van der Waals surface area contributed by atoms with Gasteiger partial charge in [0.1, 0.15) is 5.75 Å². The Balaban J connectivity index is 2.77. The van der Waals surface area contributed by atoms with Crippen LogP contribution in [0.4, 0.5) is 0 Å². The lowest BCUT2D eigenvalue weighted by Crippen LogP contribution is -1.97. The van der Waals surface area contributed by atoms with Crippen molar-refractivity contribution in [1.82, 2.24) is 0 Å². The van der Waals surface area contributed by atoms with Gasteiger partial charge in [-0.15, -0.1) is 0 Å². The number of carbonyl (C=O) groups is 1. The number of hydrogen-bond acceptors (Lipinski definition) is 2. The van der Waals surface area contributed by atoms with E-state index in [1.807, 2.05) is 32.0 Å². The van der Waals surface area contributed by atoms with E-state index in [1.54, 1.807) is 18.4 Å². The zero-order valence-corrected chi connectivity index (χ0v) is 9.19. The molecule has 1 aromatic rings. The van der Waals surface area contributed by atoms with E-state index < -0.39 is 0 Å². The molecule has 15 heavy (non-hydrogen) atoms. The molecule has 0 aliphatic heterocycles. The minimum atomic E-state index is 0.170. The summed E-state index contributed by atoms with van der Waals surface area (Å²) in [6.07, 6.45) is 4.87. The summed E-state index contributed by atoms with van der Waals surface area (Å²) in [5.41, 5.74) is 0.721. The van der Waals surface area contributed by atoms with Crippen LogP contribution in [-0.4, -0.2) is 5.78 Å². The predicted octanol–water partition coefficient (Wildman–Crippen LogP) is 3.58. The van der Waals surface area contributed by atoms with Crippen LogP contribution in [0, 0.1) is 0 Å². The van der Waals surface area contributed by atoms with Gasteiger partial charge < -0.3 is 4.74 Å². The van der Waals surface area contributed by atoms with Crippen molar-refractivity contribution < 1.29 is 9.53 Å². The van der Waals surface area contributed by atoms with Crippen molar-refractivity contribution >= 4 is 5.78 Å². The molecular weight excluding hydrogens is 188 g/mol. The molecule has 0 heterocycles. The van der Waals surface area contributed by atoms with E-state index in [0.717, 1.165) is 12.0 Å². The smallest absolute Gasteiger partial charge is 0.162 e. The van der Waals surface area contributed by atoms with E-state index in [-0.39, 0.29) is 5.78 Å². The first kappa shape index (κ1) is 11.5. The topological polar surface area (TPSA) is 26.3 Å². The number of benzene rings is 1. The van der Waals surface area contributed by atoms with E-state index in [1.165, 1.54) is 0 Å². The van der Waals surface area contributed by atoms with Gasteiger partial charge in [-0.2, -0.15) is 0 Å². The summed E-state index contributed by atoms with van der Waals surface area (Å²) in [4.78, 5) is 11.6. The number of ketones is 1. The lowest BCUT2D eigenvalue weighted by molar-refractivity contribution is 0.0981. The van der Waals surface area contributed by atoms with Gasteiger partial charge in [-0.3, -0.25) is 4.79 Å². The van der Waals surface area contributed by atoms with Crippen molar-refractivity contribution in [3.05, 3.63) is 42.2 Å². The summed E-state index contributed by atoms with van der Waals surface area (Å²) in [5.74, 6) is 0.874. The highest BCUT2D eigenvalue weighted by Crippen LogP contribution is 2.15. The molecule has 0 aliphatic rings. The second kappa shape index (κ2) is 6.02. The number of Topliss-reactive ketones (excluding diaryl/α,β-unsaturated/α-hetero) is 1. The number of carbonyl (C=O) groups excluding carboxylic acids is 1. The van der Waals surface area contributed by atoms with Gasteiger partial charge in [0.05, 0.1) is 6.26 Å². The van der Waals surface area contributed by atoms with Crippen LogP contribution in [0.2, 0.25) is 0 Å². The van der Waals surface area contributed by atoms with Crippen molar-refractivity contribution in [2.45, 2.75) is 26.7 Å². The van der Waals surface area contributed by atoms with E-state index in [9.17, 15) is 4.79 Å². The van der Waals surface area contributed by atoms with Gasteiger partial charge in [0.15, 0.2) is 5.78 Å². The third-order valence-electron chi connectivity index (χ3n) is 1.97. The van der Waals surface area contributed by atoms with E-state index >= 15 is 0 Å². The van der Waals surface area contributed by atoms with Gasteiger partial charge >= 0.3 is 0 Å². The quantitative estimate of drug-likeness (QED) is 0.541. The lowest BCUT2D eigenvalue weighted by Gasteiger charge is -2.03. The number of hydrogen-bond donors (Lipinski definition) is 0. The number of ether oxygens (including phenoxy) is 1. The molecule has 0 aromatic heterocycles. The lowest BCUT2D eigenvalue weighted by atomic mass is 10.1. The molecule has 0 saturated heterocycles. The first-order valence-electron chi connectivity index (χ1n) is 5.19. The Labute approximate surface area is 90.6 Å². The molecule has 0 unspecified atom stereocenters. The van der Waals surface area contributed by atoms with Gasteiger partial charge in [-0.1, -0.05) is 25.1 Å². The fourth-order valence-corrected chi connectivity index (χ4v) is 1.26. The van der Waals surface area contributed by atoms with E-state index in [2.05, 4.69) is 0 Å². The Bertz CT molecular complexity index is 353. The fourth-order valence-electron chi connectivity index (χ4n) is 1.26.